The lowest BCUT2D eigenvalue weighted by atomic mass is 10.2. The molecule has 0 heterocycles. The van der Waals surface area contributed by atoms with E-state index >= 15 is 0 Å². The van der Waals surface area contributed by atoms with Crippen molar-refractivity contribution in [2.75, 3.05) is 12.3 Å². The minimum atomic E-state index is -1.33. The monoisotopic (exact) mass is 327 g/mol. The Kier molecular flexibility index (Phi) is 6.32. The van der Waals surface area contributed by atoms with Crippen molar-refractivity contribution >= 4 is 36.2 Å². The van der Waals surface area contributed by atoms with E-state index in [1.807, 2.05) is 0 Å². The molecule has 22 heavy (non-hydrogen) atoms. The van der Waals surface area contributed by atoms with Gasteiger partial charge in [0.25, 0.3) is 0 Å². The van der Waals surface area contributed by atoms with Gasteiger partial charge < -0.3 is 20.6 Å². The van der Waals surface area contributed by atoms with Gasteiger partial charge in [0.2, 0.25) is 5.91 Å². The van der Waals surface area contributed by atoms with E-state index in [2.05, 4.69) is 28.2 Å². The molecule has 0 saturated heterocycles. The highest BCUT2D eigenvalue weighted by Crippen LogP contribution is 2.23. The molecular weight excluding hydrogens is 314 g/mol. The van der Waals surface area contributed by atoms with E-state index in [1.54, 1.807) is 0 Å². The van der Waals surface area contributed by atoms with Gasteiger partial charge in [-0.25, -0.2) is 9.59 Å². The molecule has 9 nitrogen and oxygen atoms in total. The summed E-state index contributed by atoms with van der Waals surface area (Å²) in [6.45, 7) is -0.430. The molecule has 1 rings (SSSR count). The Balaban J connectivity index is 2.66. The number of carbonyl (C=O) groups is 3. The Morgan fingerprint density at radius 1 is 1.27 bits per heavy atom. The summed E-state index contributed by atoms with van der Waals surface area (Å²) < 4.78 is 0. The summed E-state index contributed by atoms with van der Waals surface area (Å²) in [5.74, 6) is -3.70. The van der Waals surface area contributed by atoms with Gasteiger partial charge in [-0.05, 0) is 18.2 Å². The molecule has 0 bridgehead atoms. The van der Waals surface area contributed by atoms with Gasteiger partial charge in [-0.15, -0.1) is 0 Å². The third-order valence-electron chi connectivity index (χ3n) is 2.43. The molecule has 0 fully saturated rings. The first-order valence-electron chi connectivity index (χ1n) is 5.92. The number of benzene rings is 1. The minimum Gasteiger partial charge on any atom is -0.507 e. The number of nitrogens with zero attached hydrogens (tertiary/aromatic N) is 2. The van der Waals surface area contributed by atoms with Crippen LogP contribution in [0.2, 0.25) is 0 Å². The first kappa shape index (κ1) is 17.4. The Hall–Kier alpha value is -2.62. The van der Waals surface area contributed by atoms with Crippen molar-refractivity contribution in [3.05, 3.63) is 23.8 Å². The zero-order valence-corrected chi connectivity index (χ0v) is 12.0. The van der Waals surface area contributed by atoms with Gasteiger partial charge in [0.05, 0.1) is 5.69 Å². The van der Waals surface area contributed by atoms with Gasteiger partial charge in [0.15, 0.2) is 0 Å². The average molecular weight is 327 g/mol. The van der Waals surface area contributed by atoms with Crippen molar-refractivity contribution in [2.24, 2.45) is 10.2 Å². The fourth-order valence-corrected chi connectivity index (χ4v) is 1.61. The number of aromatic carboxylic acids is 1. The molecule has 0 radical (unpaired) electrons. The number of rotatable bonds is 7. The second kappa shape index (κ2) is 7.98. The fraction of sp³-hybridized carbons (Fsp3) is 0.250. The summed E-state index contributed by atoms with van der Waals surface area (Å²) in [5, 5.41) is 36.2. The van der Waals surface area contributed by atoms with Crippen LogP contribution < -0.4 is 5.32 Å². The molecule has 0 aromatic heterocycles. The van der Waals surface area contributed by atoms with Crippen LogP contribution in [-0.4, -0.2) is 51.5 Å². The predicted molar refractivity (Wildman–Crippen MR) is 77.9 cm³/mol. The van der Waals surface area contributed by atoms with Crippen LogP contribution in [0.3, 0.4) is 0 Å². The largest absolute Gasteiger partial charge is 0.507 e. The maximum Gasteiger partial charge on any atom is 0.339 e. The topological polar surface area (TPSA) is 149 Å². The quantitative estimate of drug-likeness (QED) is 0.367. The summed E-state index contributed by atoms with van der Waals surface area (Å²) >= 11 is 3.79. The molecule has 0 saturated carbocycles. The van der Waals surface area contributed by atoms with E-state index in [0.29, 0.717) is 0 Å². The standard InChI is InChI=1S/C12H13N3O6S/c16-9-2-1-6(3-7(9)11(18)19)15-13-4-10(17)14-8(5-22)12(20)21/h1-3,8,16,22H,4-5H2,(H,14,17)(H,18,19)(H,20,21)/b15-13+. The van der Waals surface area contributed by atoms with Crippen molar-refractivity contribution in [1.29, 1.82) is 0 Å². The Labute approximate surface area is 130 Å². The fourth-order valence-electron chi connectivity index (χ4n) is 1.36. The lowest BCUT2D eigenvalue weighted by Gasteiger charge is -2.09. The number of carboxylic acid groups (broad SMARTS) is 2. The van der Waals surface area contributed by atoms with E-state index in [9.17, 15) is 19.5 Å². The number of thiol groups is 1. The SMILES string of the molecule is O=C(C/N=N/c1ccc(O)c(C(=O)O)c1)NC(CS)C(=O)O. The number of aromatic hydroxyl groups is 1. The molecule has 1 amide bonds. The van der Waals surface area contributed by atoms with Crippen LogP contribution in [-0.2, 0) is 9.59 Å². The Bertz CT molecular complexity index is 619. The maximum atomic E-state index is 11.4. The van der Waals surface area contributed by atoms with Crippen LogP contribution in [0.25, 0.3) is 0 Å². The molecule has 4 N–H and O–H groups in total. The molecule has 0 aliphatic heterocycles. The number of hydrogen-bond donors (Lipinski definition) is 5. The summed E-state index contributed by atoms with van der Waals surface area (Å²) in [5.41, 5.74) is -0.214. The molecule has 0 aliphatic rings. The molecule has 0 aliphatic carbocycles. The first-order chi connectivity index (χ1) is 10.3. The molecule has 1 atom stereocenters. The molecule has 0 spiro atoms. The van der Waals surface area contributed by atoms with Crippen LogP contribution >= 0.6 is 12.6 Å². The molecular formula is C12H13N3O6S. The zero-order chi connectivity index (χ0) is 16.7. The molecule has 10 heteroatoms. The van der Waals surface area contributed by atoms with E-state index in [1.165, 1.54) is 6.07 Å². The van der Waals surface area contributed by atoms with Crippen molar-refractivity contribution < 1.29 is 29.7 Å². The third-order valence-corrected chi connectivity index (χ3v) is 2.79. The lowest BCUT2D eigenvalue weighted by molar-refractivity contribution is -0.140. The average Bonchev–Trinajstić information content (AvgIpc) is 2.45. The Morgan fingerprint density at radius 3 is 2.50 bits per heavy atom. The zero-order valence-electron chi connectivity index (χ0n) is 11.1. The lowest BCUT2D eigenvalue weighted by Crippen LogP contribution is -2.43. The molecule has 1 aromatic rings. The van der Waals surface area contributed by atoms with Crippen molar-refractivity contribution in [3.63, 3.8) is 0 Å². The van der Waals surface area contributed by atoms with E-state index in [4.69, 9.17) is 10.2 Å². The highest BCUT2D eigenvalue weighted by Gasteiger charge is 2.17. The van der Waals surface area contributed by atoms with Gasteiger partial charge in [0.1, 0.15) is 23.9 Å². The van der Waals surface area contributed by atoms with Crippen LogP contribution in [0.4, 0.5) is 5.69 Å². The highest BCUT2D eigenvalue weighted by molar-refractivity contribution is 7.80. The van der Waals surface area contributed by atoms with Crippen LogP contribution in [0, 0.1) is 0 Å². The highest BCUT2D eigenvalue weighted by atomic mass is 32.1. The first-order valence-corrected chi connectivity index (χ1v) is 6.55. The van der Waals surface area contributed by atoms with E-state index in [-0.39, 0.29) is 17.0 Å². The third kappa shape index (κ3) is 5.05. The predicted octanol–water partition coefficient (Wildman–Crippen LogP) is 0.673. The van der Waals surface area contributed by atoms with Gasteiger partial charge in [0, 0.05) is 5.75 Å². The molecule has 1 aromatic carbocycles. The summed E-state index contributed by atoms with van der Waals surface area (Å²) in [6.07, 6.45) is 0. The van der Waals surface area contributed by atoms with Crippen LogP contribution in [0.1, 0.15) is 10.4 Å². The number of nitrogens with one attached hydrogen (secondary N) is 1. The van der Waals surface area contributed by atoms with E-state index in [0.717, 1.165) is 12.1 Å². The van der Waals surface area contributed by atoms with Crippen molar-refractivity contribution in [3.8, 4) is 5.75 Å². The number of aliphatic carboxylic acids is 1. The van der Waals surface area contributed by atoms with E-state index < -0.39 is 36.2 Å². The second-order valence-corrected chi connectivity index (χ2v) is 4.41. The normalized spacial score (nSPS) is 12.0. The van der Waals surface area contributed by atoms with Crippen LogP contribution in [0.5, 0.6) is 5.75 Å². The maximum absolute atomic E-state index is 11.4. The number of azo groups is 1. The Morgan fingerprint density at radius 2 is 1.95 bits per heavy atom. The number of carbonyl (C=O) groups excluding carboxylic acids is 1. The van der Waals surface area contributed by atoms with Crippen molar-refractivity contribution in [2.45, 2.75) is 6.04 Å². The van der Waals surface area contributed by atoms with Gasteiger partial charge in [-0.2, -0.15) is 22.9 Å². The molecule has 1 unspecified atom stereocenters. The minimum absolute atomic E-state index is 0.0713. The van der Waals surface area contributed by atoms with Gasteiger partial charge in [-0.1, -0.05) is 0 Å². The number of phenols is 1. The number of amides is 1. The summed E-state index contributed by atoms with van der Waals surface area (Å²) in [6, 6.07) is 2.42. The van der Waals surface area contributed by atoms with Gasteiger partial charge in [-0.3, -0.25) is 4.79 Å². The molecule has 118 valence electrons. The number of carboxylic acids is 2. The second-order valence-electron chi connectivity index (χ2n) is 4.05. The van der Waals surface area contributed by atoms with Gasteiger partial charge >= 0.3 is 11.9 Å². The van der Waals surface area contributed by atoms with Crippen molar-refractivity contribution in [1.82, 2.24) is 5.32 Å². The summed E-state index contributed by atoms with van der Waals surface area (Å²) in [7, 11) is 0. The summed E-state index contributed by atoms with van der Waals surface area (Å²) in [4.78, 5) is 33.0. The number of hydrogen-bond acceptors (Lipinski definition) is 7. The van der Waals surface area contributed by atoms with Crippen LogP contribution in [0.15, 0.2) is 28.4 Å². The smallest absolute Gasteiger partial charge is 0.339 e.